The molecule has 0 spiro atoms. The number of alkyl halides is 2. The molecule has 1 aromatic carbocycles. The Balaban J connectivity index is 1.26. The number of hydrogen-bond donors (Lipinski definition) is 3. The Hall–Kier alpha value is -4.75. The molecule has 354 valence electrons. The SMILES string of the molecule is CCOC(=O)[C@H]1NN(C(=O)[C@H](Cc2nc(-c3ccc4c(c3)c(CC(C)(C)CO)c(-c3cc(N5CCN(C)CC5)cnc3[C@H](C)OC)n4CC)cs2)NC(=O)OC(C)(C)C)CC2C1C2(F)F. The van der Waals surface area contributed by atoms with Gasteiger partial charge in [0, 0.05) is 86.8 Å². The number of pyridine rings is 1. The monoisotopic (exact) mass is 922 g/mol. The number of aliphatic hydroxyl groups is 1. The van der Waals surface area contributed by atoms with Gasteiger partial charge in [0.25, 0.3) is 11.8 Å². The minimum absolute atomic E-state index is 0.0132. The van der Waals surface area contributed by atoms with Crippen molar-refractivity contribution in [2.75, 3.05) is 65.0 Å². The molecule has 65 heavy (non-hydrogen) atoms. The molecule has 2 amide bonds. The highest BCUT2D eigenvalue weighted by molar-refractivity contribution is 7.10. The highest BCUT2D eigenvalue weighted by Crippen LogP contribution is 2.59. The number of aromatic nitrogens is 3. The topological polar surface area (TPSA) is 164 Å². The Morgan fingerprint density at radius 1 is 1.09 bits per heavy atom. The minimum Gasteiger partial charge on any atom is -0.465 e. The highest BCUT2D eigenvalue weighted by atomic mass is 32.1. The van der Waals surface area contributed by atoms with E-state index in [2.05, 4.69) is 57.3 Å². The van der Waals surface area contributed by atoms with Crippen molar-refractivity contribution in [2.45, 2.75) is 104 Å². The van der Waals surface area contributed by atoms with Crippen LogP contribution in [0, 0.1) is 17.3 Å². The van der Waals surface area contributed by atoms with Crippen LogP contribution in [0.4, 0.5) is 19.3 Å². The van der Waals surface area contributed by atoms with Gasteiger partial charge in [0.05, 0.1) is 58.5 Å². The molecule has 4 aromatic rings. The summed E-state index contributed by atoms with van der Waals surface area (Å²) >= 11 is 1.30. The van der Waals surface area contributed by atoms with Gasteiger partial charge < -0.3 is 39.0 Å². The lowest BCUT2D eigenvalue weighted by Gasteiger charge is -2.34. The first kappa shape index (κ1) is 48.2. The number of thiazole rings is 1. The fourth-order valence-electron chi connectivity index (χ4n) is 9.00. The van der Waals surface area contributed by atoms with Crippen molar-refractivity contribution in [3.63, 3.8) is 0 Å². The van der Waals surface area contributed by atoms with Crippen molar-refractivity contribution in [1.82, 2.24) is 35.2 Å². The van der Waals surface area contributed by atoms with E-state index in [4.69, 9.17) is 24.2 Å². The Morgan fingerprint density at radius 3 is 2.46 bits per heavy atom. The van der Waals surface area contributed by atoms with Crippen LogP contribution in [0.3, 0.4) is 0 Å². The van der Waals surface area contributed by atoms with Crippen LogP contribution < -0.4 is 15.6 Å². The van der Waals surface area contributed by atoms with Crippen molar-refractivity contribution in [3.8, 4) is 22.5 Å². The number of carbonyl (C=O) groups is 3. The van der Waals surface area contributed by atoms with E-state index in [1.54, 1.807) is 34.8 Å². The number of aryl methyl sites for hydroxylation is 1. The summed E-state index contributed by atoms with van der Waals surface area (Å²) in [6, 6.07) is 5.74. The first-order valence-electron chi connectivity index (χ1n) is 22.5. The first-order valence-corrected chi connectivity index (χ1v) is 23.4. The molecule has 2 unspecified atom stereocenters. The number of amides is 2. The number of piperazine rings is 1. The zero-order chi connectivity index (χ0) is 47.2. The maximum absolute atomic E-state index is 14.9. The Bertz CT molecular complexity index is 2390. The average Bonchev–Trinajstić information content (AvgIpc) is 3.52. The van der Waals surface area contributed by atoms with Gasteiger partial charge >= 0.3 is 12.1 Å². The molecule has 1 saturated carbocycles. The molecule has 5 atom stereocenters. The van der Waals surface area contributed by atoms with Gasteiger partial charge in [0.1, 0.15) is 17.7 Å². The first-order chi connectivity index (χ1) is 30.7. The van der Waals surface area contributed by atoms with E-state index in [9.17, 15) is 28.3 Å². The largest absolute Gasteiger partial charge is 0.465 e. The van der Waals surface area contributed by atoms with E-state index in [-0.39, 0.29) is 32.3 Å². The summed E-state index contributed by atoms with van der Waals surface area (Å²) < 4.78 is 48.6. The van der Waals surface area contributed by atoms with Crippen LogP contribution >= 0.6 is 11.3 Å². The number of hydrogen-bond acceptors (Lipinski definition) is 13. The molecule has 2 saturated heterocycles. The Morgan fingerprint density at radius 2 is 1.82 bits per heavy atom. The van der Waals surface area contributed by atoms with Crippen molar-refractivity contribution >= 4 is 45.9 Å². The second kappa shape index (κ2) is 18.9. The van der Waals surface area contributed by atoms with Crippen LogP contribution in [-0.4, -0.2) is 131 Å². The molecule has 3 fully saturated rings. The number of nitrogens with one attached hydrogen (secondary N) is 2. The summed E-state index contributed by atoms with van der Waals surface area (Å²) in [5, 5.41) is 17.7. The molecule has 7 rings (SSSR count). The van der Waals surface area contributed by atoms with Gasteiger partial charge in [0.2, 0.25) is 0 Å². The van der Waals surface area contributed by atoms with Gasteiger partial charge in [-0.3, -0.25) is 19.6 Å². The van der Waals surface area contributed by atoms with Crippen LogP contribution in [0.25, 0.3) is 33.4 Å². The van der Waals surface area contributed by atoms with Gasteiger partial charge in [-0.25, -0.2) is 24.0 Å². The van der Waals surface area contributed by atoms with Crippen LogP contribution in [0.5, 0.6) is 0 Å². The molecule has 3 N–H and O–H groups in total. The van der Waals surface area contributed by atoms with Gasteiger partial charge in [-0.15, -0.1) is 11.3 Å². The van der Waals surface area contributed by atoms with Gasteiger partial charge in [-0.2, -0.15) is 0 Å². The number of methoxy groups -OCH3 is 1. The molecule has 3 aromatic heterocycles. The Labute approximate surface area is 383 Å². The van der Waals surface area contributed by atoms with Crippen molar-refractivity contribution in [1.29, 1.82) is 0 Å². The molecular weight excluding hydrogens is 859 g/mol. The maximum atomic E-state index is 14.9. The number of aliphatic hydroxyl groups excluding tert-OH is 1. The van der Waals surface area contributed by atoms with Crippen LogP contribution in [-0.2, 0) is 43.2 Å². The molecule has 5 heterocycles. The number of alkyl carbamates (subject to hydrolysis) is 1. The summed E-state index contributed by atoms with van der Waals surface area (Å²) in [5.41, 5.74) is 8.71. The van der Waals surface area contributed by atoms with E-state index in [0.717, 1.165) is 75.9 Å². The summed E-state index contributed by atoms with van der Waals surface area (Å²) in [5.74, 6) is -7.30. The predicted octanol–water partition coefficient (Wildman–Crippen LogP) is 6.46. The third-order valence-corrected chi connectivity index (χ3v) is 13.5. The number of fused-ring (bicyclic) bond motifs is 2. The number of hydrazine groups is 1. The lowest BCUT2D eigenvalue weighted by molar-refractivity contribution is -0.153. The van der Waals surface area contributed by atoms with Crippen molar-refractivity contribution in [3.05, 3.63) is 52.1 Å². The summed E-state index contributed by atoms with van der Waals surface area (Å²) in [4.78, 5) is 54.9. The fourth-order valence-corrected chi connectivity index (χ4v) is 9.85. The van der Waals surface area contributed by atoms with E-state index in [1.165, 1.54) is 11.3 Å². The van der Waals surface area contributed by atoms with Crippen LogP contribution in [0.1, 0.15) is 77.8 Å². The van der Waals surface area contributed by atoms with Gasteiger partial charge in [0.15, 0.2) is 0 Å². The molecule has 0 bridgehead atoms. The number of anilines is 1. The van der Waals surface area contributed by atoms with Crippen LogP contribution in [0.15, 0.2) is 35.8 Å². The molecular formula is C47H64F2N8O7S. The third kappa shape index (κ3) is 10.2. The summed E-state index contributed by atoms with van der Waals surface area (Å²) in [6.45, 7) is 18.8. The molecule has 1 aliphatic carbocycles. The summed E-state index contributed by atoms with van der Waals surface area (Å²) in [7, 11) is 3.82. The molecule has 15 nitrogen and oxygen atoms in total. The zero-order valence-electron chi connectivity index (χ0n) is 39.2. The highest BCUT2D eigenvalue weighted by Gasteiger charge is 2.75. The number of halogens is 2. The number of nitrogens with zero attached hydrogens (tertiary/aromatic N) is 6. The molecule has 3 aliphatic rings. The van der Waals surface area contributed by atoms with Gasteiger partial charge in [-0.05, 0) is 84.2 Å². The van der Waals surface area contributed by atoms with E-state index in [0.29, 0.717) is 23.7 Å². The lowest BCUT2D eigenvalue weighted by atomic mass is 9.84. The number of esters is 1. The number of rotatable bonds is 15. The van der Waals surface area contributed by atoms with E-state index < -0.39 is 58.8 Å². The number of likely N-dealkylation sites (N-methyl/N-ethyl adjacent to an activating group) is 1. The second-order valence-electron chi connectivity index (χ2n) is 19.2. The molecule has 18 heteroatoms. The number of carbonyl (C=O) groups excluding carboxylic acids is 3. The third-order valence-electron chi connectivity index (χ3n) is 12.7. The normalized spacial score (nSPS) is 20.9. The quantitative estimate of drug-likeness (QED) is 0.112. The van der Waals surface area contributed by atoms with E-state index >= 15 is 0 Å². The fraction of sp³-hybridized carbons (Fsp3) is 0.596. The number of benzene rings is 1. The summed E-state index contributed by atoms with van der Waals surface area (Å²) in [6.07, 6.45) is 1.26. The molecule has 0 radical (unpaired) electrons. The smallest absolute Gasteiger partial charge is 0.408 e. The minimum atomic E-state index is -3.17. The maximum Gasteiger partial charge on any atom is 0.408 e. The van der Waals surface area contributed by atoms with E-state index in [1.807, 2.05) is 38.4 Å². The molecule has 2 aliphatic heterocycles. The Kier molecular flexibility index (Phi) is 14.0. The average molecular weight is 923 g/mol. The number of ether oxygens (including phenoxy) is 3. The van der Waals surface area contributed by atoms with Crippen LogP contribution in [0.2, 0.25) is 0 Å². The van der Waals surface area contributed by atoms with Gasteiger partial charge in [-0.1, -0.05) is 19.9 Å². The lowest BCUT2D eigenvalue weighted by Crippen LogP contribution is -2.61. The predicted molar refractivity (Wildman–Crippen MR) is 246 cm³/mol. The van der Waals surface area contributed by atoms with Crippen molar-refractivity contribution in [2.24, 2.45) is 17.3 Å². The second-order valence-corrected chi connectivity index (χ2v) is 20.2. The van der Waals surface area contributed by atoms with Crippen molar-refractivity contribution < 1.29 is 42.5 Å². The standard InChI is InChI=1S/C47H64F2N8O7S/c1-11-56-36-14-13-28(19-30(36)32(22-46(7,8)26-58)41(56)31-20-29(23-50-39(31)27(3)62-10)55-17-15-54(9)16-18-55)35-25-65-37(51-35)21-34(52-44(61)64-45(4,5)6)42(59)57-24-33-38(47(33,48)49)40(53-57)43(60)63-12-2/h13-14,19-20,23,25,27,33-34,38,40,53,58H,11-12,15-18,21-22,24,26H2,1-10H3,(H,52,61)/t27-,33?,34-,38?,40-/m0/s1. The zero-order valence-corrected chi connectivity index (χ0v) is 40.0.